The smallest absolute Gasteiger partial charge is 0.200 e. The second-order valence-corrected chi connectivity index (χ2v) is 5.07. The molecule has 0 amide bonds. The van der Waals surface area contributed by atoms with Crippen molar-refractivity contribution in [2.24, 2.45) is 0 Å². The van der Waals surface area contributed by atoms with E-state index in [1.54, 1.807) is 13.8 Å². The number of rotatable bonds is 7. The lowest BCUT2D eigenvalue weighted by Gasteiger charge is -2.11. The van der Waals surface area contributed by atoms with Crippen LogP contribution in [0.25, 0.3) is 0 Å². The first-order chi connectivity index (χ1) is 11.5. The number of ether oxygens (including phenoxy) is 2. The summed E-state index contributed by atoms with van der Waals surface area (Å²) >= 11 is 0. The first-order valence-electron chi connectivity index (χ1n) is 7.68. The monoisotopic (exact) mass is 342 g/mol. The van der Waals surface area contributed by atoms with Gasteiger partial charge in [-0.3, -0.25) is 0 Å². The molecule has 2 nitrogen and oxygen atoms in total. The maximum atomic E-state index is 14.0. The predicted octanol–water partition coefficient (Wildman–Crippen LogP) is 4.83. The molecule has 0 saturated heterocycles. The van der Waals surface area contributed by atoms with Crippen LogP contribution in [0.3, 0.4) is 0 Å². The Labute approximate surface area is 138 Å². The minimum atomic E-state index is -1.08. The molecule has 130 valence electrons. The summed E-state index contributed by atoms with van der Waals surface area (Å²) in [5.74, 6) is -4.56. The predicted molar refractivity (Wildman–Crippen MR) is 82.5 cm³/mol. The third kappa shape index (κ3) is 3.80. The summed E-state index contributed by atoms with van der Waals surface area (Å²) in [6.07, 6.45) is 0.0546. The first kappa shape index (κ1) is 18.1. The fourth-order valence-electron chi connectivity index (χ4n) is 2.33. The molecule has 2 aromatic carbocycles. The van der Waals surface area contributed by atoms with Crippen molar-refractivity contribution in [3.05, 3.63) is 58.7 Å². The van der Waals surface area contributed by atoms with Crippen LogP contribution in [0.4, 0.5) is 17.6 Å². The van der Waals surface area contributed by atoms with Crippen LogP contribution in [-0.4, -0.2) is 13.2 Å². The van der Waals surface area contributed by atoms with E-state index in [9.17, 15) is 17.6 Å². The van der Waals surface area contributed by atoms with Crippen LogP contribution in [0.2, 0.25) is 0 Å². The van der Waals surface area contributed by atoms with Crippen LogP contribution in [0.1, 0.15) is 25.0 Å². The molecule has 0 atom stereocenters. The fraction of sp³-hybridized carbons (Fsp3) is 0.333. The minimum absolute atomic E-state index is 0.0273. The highest BCUT2D eigenvalue weighted by Gasteiger charge is 2.17. The lowest BCUT2D eigenvalue weighted by molar-refractivity contribution is 0.312. The van der Waals surface area contributed by atoms with E-state index in [1.165, 1.54) is 24.3 Å². The van der Waals surface area contributed by atoms with Crippen molar-refractivity contribution in [2.45, 2.75) is 26.7 Å². The molecule has 24 heavy (non-hydrogen) atoms. The number of halogens is 4. The molecule has 0 aliphatic carbocycles. The molecule has 0 aliphatic heterocycles. The Balaban J connectivity index is 2.17. The van der Waals surface area contributed by atoms with Crippen LogP contribution in [0, 0.1) is 23.3 Å². The van der Waals surface area contributed by atoms with Gasteiger partial charge in [-0.15, -0.1) is 0 Å². The quantitative estimate of drug-likeness (QED) is 0.671. The first-order valence-corrected chi connectivity index (χ1v) is 7.68. The van der Waals surface area contributed by atoms with Crippen LogP contribution < -0.4 is 9.47 Å². The standard InChI is InChI=1S/C18H18F4O2/c1-3-23-13-9-7-11(15(19)17(13)21)5-6-12-8-10-14(24-4-2)18(22)16(12)20/h7-10H,3-6H2,1-2H3. The molecule has 0 saturated carbocycles. The Morgan fingerprint density at radius 1 is 0.625 bits per heavy atom. The third-order valence-corrected chi connectivity index (χ3v) is 3.52. The summed E-state index contributed by atoms with van der Waals surface area (Å²) in [5, 5.41) is 0. The molecule has 0 spiro atoms. The van der Waals surface area contributed by atoms with Gasteiger partial charge in [0.15, 0.2) is 23.1 Å². The van der Waals surface area contributed by atoms with Gasteiger partial charge in [-0.2, -0.15) is 8.78 Å². The zero-order chi connectivity index (χ0) is 17.7. The Morgan fingerprint density at radius 3 is 1.33 bits per heavy atom. The molecule has 2 aromatic rings. The third-order valence-electron chi connectivity index (χ3n) is 3.52. The molecular formula is C18H18F4O2. The largest absolute Gasteiger partial charge is 0.491 e. The van der Waals surface area contributed by atoms with Crippen molar-refractivity contribution >= 4 is 0 Å². The molecule has 2 rings (SSSR count). The number of hydrogen-bond acceptors (Lipinski definition) is 2. The van der Waals surface area contributed by atoms with Gasteiger partial charge in [-0.05, 0) is 49.9 Å². The minimum Gasteiger partial charge on any atom is -0.491 e. The van der Waals surface area contributed by atoms with Crippen molar-refractivity contribution in [3.8, 4) is 11.5 Å². The van der Waals surface area contributed by atoms with E-state index in [4.69, 9.17) is 9.47 Å². The van der Waals surface area contributed by atoms with E-state index >= 15 is 0 Å². The SMILES string of the molecule is CCOc1ccc(CCc2ccc(OCC)c(F)c2F)c(F)c1F. The molecule has 0 aliphatic rings. The second-order valence-electron chi connectivity index (χ2n) is 5.07. The van der Waals surface area contributed by atoms with E-state index in [0.29, 0.717) is 0 Å². The van der Waals surface area contributed by atoms with Crippen LogP contribution in [-0.2, 0) is 12.8 Å². The maximum absolute atomic E-state index is 14.0. The average molecular weight is 342 g/mol. The van der Waals surface area contributed by atoms with Gasteiger partial charge in [-0.25, -0.2) is 8.78 Å². The van der Waals surface area contributed by atoms with Crippen LogP contribution in [0.15, 0.2) is 24.3 Å². The Morgan fingerprint density at radius 2 is 1.00 bits per heavy atom. The fourth-order valence-corrected chi connectivity index (χ4v) is 2.33. The highest BCUT2D eigenvalue weighted by Crippen LogP contribution is 2.26. The van der Waals surface area contributed by atoms with E-state index in [1.807, 2.05) is 0 Å². The zero-order valence-corrected chi connectivity index (χ0v) is 13.5. The van der Waals surface area contributed by atoms with Gasteiger partial charge in [0.05, 0.1) is 13.2 Å². The summed E-state index contributed by atoms with van der Waals surface area (Å²) in [7, 11) is 0. The number of aryl methyl sites for hydroxylation is 2. The molecule has 0 heterocycles. The van der Waals surface area contributed by atoms with Crippen molar-refractivity contribution < 1.29 is 27.0 Å². The Bertz CT molecular complexity index is 655. The average Bonchev–Trinajstić information content (AvgIpc) is 2.57. The van der Waals surface area contributed by atoms with Crippen molar-refractivity contribution in [2.75, 3.05) is 13.2 Å². The Kier molecular flexibility index (Phi) is 6.06. The Hall–Kier alpha value is -2.24. The summed E-state index contributed by atoms with van der Waals surface area (Å²) in [5.41, 5.74) is 0.147. The molecule has 0 radical (unpaired) electrons. The van der Waals surface area contributed by atoms with Crippen LogP contribution in [0.5, 0.6) is 11.5 Å². The lowest BCUT2D eigenvalue weighted by atomic mass is 10.0. The zero-order valence-electron chi connectivity index (χ0n) is 13.5. The van der Waals surface area contributed by atoms with E-state index in [-0.39, 0.29) is 48.7 Å². The van der Waals surface area contributed by atoms with Gasteiger partial charge in [0.1, 0.15) is 0 Å². The second kappa shape index (κ2) is 8.04. The van der Waals surface area contributed by atoms with Crippen molar-refractivity contribution in [1.29, 1.82) is 0 Å². The highest BCUT2D eigenvalue weighted by atomic mass is 19.2. The normalized spacial score (nSPS) is 10.8. The molecule has 6 heteroatoms. The van der Waals surface area contributed by atoms with Gasteiger partial charge in [0.25, 0.3) is 0 Å². The topological polar surface area (TPSA) is 18.5 Å². The van der Waals surface area contributed by atoms with E-state index in [2.05, 4.69) is 0 Å². The summed E-state index contributed by atoms with van der Waals surface area (Å²) in [4.78, 5) is 0. The molecule has 0 bridgehead atoms. The van der Waals surface area contributed by atoms with Crippen molar-refractivity contribution in [1.82, 2.24) is 0 Å². The molecule has 0 unspecified atom stereocenters. The number of hydrogen-bond donors (Lipinski definition) is 0. The highest BCUT2D eigenvalue weighted by molar-refractivity contribution is 5.34. The lowest BCUT2D eigenvalue weighted by Crippen LogP contribution is -2.04. The molecule has 0 N–H and O–H groups in total. The molecule has 0 fully saturated rings. The summed E-state index contributed by atoms with van der Waals surface area (Å²) < 4.78 is 65.5. The van der Waals surface area contributed by atoms with E-state index < -0.39 is 23.3 Å². The van der Waals surface area contributed by atoms with Crippen molar-refractivity contribution in [3.63, 3.8) is 0 Å². The molecular weight excluding hydrogens is 324 g/mol. The molecule has 0 aromatic heterocycles. The van der Waals surface area contributed by atoms with Gasteiger partial charge in [-0.1, -0.05) is 12.1 Å². The van der Waals surface area contributed by atoms with Gasteiger partial charge in [0.2, 0.25) is 11.6 Å². The van der Waals surface area contributed by atoms with Gasteiger partial charge < -0.3 is 9.47 Å². The van der Waals surface area contributed by atoms with Gasteiger partial charge >= 0.3 is 0 Å². The van der Waals surface area contributed by atoms with E-state index in [0.717, 1.165) is 0 Å². The number of benzene rings is 2. The van der Waals surface area contributed by atoms with Crippen LogP contribution >= 0.6 is 0 Å². The van der Waals surface area contributed by atoms with Gasteiger partial charge in [0, 0.05) is 0 Å². The maximum Gasteiger partial charge on any atom is 0.200 e. The summed E-state index contributed by atoms with van der Waals surface area (Å²) in [6.45, 7) is 3.75. The summed E-state index contributed by atoms with van der Waals surface area (Å²) in [6, 6.07) is 5.41.